The summed E-state index contributed by atoms with van der Waals surface area (Å²) in [6.07, 6.45) is 0. The first-order valence-electron chi connectivity index (χ1n) is 17.9. The van der Waals surface area contributed by atoms with Crippen molar-refractivity contribution in [3.05, 3.63) is 151 Å². The summed E-state index contributed by atoms with van der Waals surface area (Å²) in [4.78, 5) is 5.44. The second-order valence-corrected chi connectivity index (χ2v) is 23.3. The zero-order valence-electron chi connectivity index (χ0n) is 28.3. The van der Waals surface area contributed by atoms with Crippen molar-refractivity contribution in [1.82, 2.24) is 0 Å². The van der Waals surface area contributed by atoms with Gasteiger partial charge in [-0.05, 0) is 89.4 Å². The smallest absolute Gasteiger partial charge is 0.333 e. The molecule has 0 radical (unpaired) electrons. The molecular weight excluding hydrogens is 635 g/mol. The van der Waals surface area contributed by atoms with E-state index in [2.05, 4.69) is 175 Å². The van der Waals surface area contributed by atoms with Crippen molar-refractivity contribution in [3.63, 3.8) is 0 Å². The van der Waals surface area contributed by atoms with Crippen molar-refractivity contribution in [3.8, 4) is 22.3 Å². The Bertz CT molecular complexity index is 2650. The van der Waals surface area contributed by atoms with E-state index in [0.29, 0.717) is 0 Å². The molecule has 50 heavy (non-hydrogen) atoms. The van der Waals surface area contributed by atoms with E-state index in [4.69, 9.17) is 0 Å². The number of anilines is 5. The van der Waals surface area contributed by atoms with Crippen molar-refractivity contribution in [2.24, 2.45) is 0 Å². The van der Waals surface area contributed by atoms with Crippen LogP contribution in [0.3, 0.4) is 0 Å². The Morgan fingerprint density at radius 2 is 1.04 bits per heavy atom. The highest BCUT2D eigenvalue weighted by molar-refractivity contribution is 7.24. The second-order valence-electron chi connectivity index (χ2n) is 15.3. The van der Waals surface area contributed by atoms with Crippen molar-refractivity contribution in [2.45, 2.75) is 20.0 Å². The van der Waals surface area contributed by atoms with Crippen LogP contribution in [0.4, 0.5) is 28.4 Å². The van der Waals surface area contributed by atoms with Crippen molar-refractivity contribution in [2.75, 3.05) is 9.71 Å². The van der Waals surface area contributed by atoms with Gasteiger partial charge < -0.3 is 9.71 Å². The molecule has 5 aliphatic rings. The summed E-state index contributed by atoms with van der Waals surface area (Å²) in [5.41, 5.74) is 16.6. The van der Waals surface area contributed by atoms with Gasteiger partial charge in [-0.2, -0.15) is 0 Å². The Morgan fingerprint density at radius 1 is 0.460 bits per heavy atom. The zero-order chi connectivity index (χ0) is 33.1. The topological polar surface area (TPSA) is 6.48 Å². The molecule has 5 aliphatic heterocycles. The van der Waals surface area contributed by atoms with Gasteiger partial charge in [0.1, 0.15) is 8.07 Å². The molecule has 2 nitrogen and oxygen atoms in total. The first kappa shape index (κ1) is 27.5. The summed E-state index contributed by atoms with van der Waals surface area (Å²) in [6, 6.07) is 56.8. The van der Waals surface area contributed by atoms with Gasteiger partial charge in [0.15, 0.2) is 8.07 Å². The summed E-state index contributed by atoms with van der Waals surface area (Å²) < 4.78 is 0. The molecule has 0 fully saturated rings. The van der Waals surface area contributed by atoms with Gasteiger partial charge >= 0.3 is 6.85 Å². The Kier molecular flexibility index (Phi) is 4.97. The maximum Gasteiger partial charge on any atom is 0.333 e. The lowest BCUT2D eigenvalue weighted by Crippen LogP contribution is -2.78. The fraction of sp³-hybridized carbons (Fsp3) is 0.0667. The fourth-order valence-corrected chi connectivity index (χ4v) is 19.4. The average molecular weight is 669 g/mol. The molecule has 0 saturated carbocycles. The molecule has 234 valence electrons. The van der Waals surface area contributed by atoms with Crippen LogP contribution in [0.15, 0.2) is 146 Å². The van der Waals surface area contributed by atoms with E-state index in [0.717, 1.165) is 0 Å². The van der Waals surface area contributed by atoms with Crippen molar-refractivity contribution >= 4 is 93.5 Å². The Labute approximate surface area is 295 Å². The molecule has 0 atom stereocenters. The van der Waals surface area contributed by atoms with E-state index in [-0.39, 0.29) is 6.85 Å². The summed E-state index contributed by atoms with van der Waals surface area (Å²) in [5.74, 6) is 0. The summed E-state index contributed by atoms with van der Waals surface area (Å²) in [7, 11) is -4.65. The SMILES string of the molecule is Cc1cc2c3c(c1)N1c4ccccc4[Si]4(c5ccccc5-c5ccccc54)c4cccc(c41)B3N1c3ccccc3[Si](C)(C)c3cccc-2c31. The molecule has 0 aliphatic carbocycles. The second kappa shape index (κ2) is 9.05. The van der Waals surface area contributed by atoms with Crippen molar-refractivity contribution < 1.29 is 0 Å². The highest BCUT2D eigenvalue weighted by atomic mass is 28.3. The zero-order valence-corrected chi connectivity index (χ0v) is 30.3. The van der Waals surface area contributed by atoms with E-state index in [1.54, 1.807) is 5.19 Å². The van der Waals surface area contributed by atoms with E-state index in [9.17, 15) is 0 Å². The van der Waals surface area contributed by atoms with E-state index < -0.39 is 16.1 Å². The molecular formula is C45H33BN2Si2. The minimum absolute atomic E-state index is 0.0647. The monoisotopic (exact) mass is 668 g/mol. The Hall–Kier alpha value is -5.36. The maximum atomic E-state index is 2.76. The lowest BCUT2D eigenvalue weighted by atomic mass is 9.43. The predicted octanol–water partition coefficient (Wildman–Crippen LogP) is 5.51. The molecule has 7 aromatic carbocycles. The van der Waals surface area contributed by atoms with Crippen LogP contribution in [0.1, 0.15) is 5.56 Å². The Morgan fingerprint density at radius 3 is 1.80 bits per heavy atom. The minimum Gasteiger partial charge on any atom is -0.377 e. The first-order valence-corrected chi connectivity index (χ1v) is 22.9. The summed E-state index contributed by atoms with van der Waals surface area (Å²) >= 11 is 0. The molecule has 7 aromatic rings. The Balaban J connectivity index is 1.27. The number of benzene rings is 7. The van der Waals surface area contributed by atoms with Gasteiger partial charge in [-0.25, -0.2) is 0 Å². The third kappa shape index (κ3) is 2.94. The van der Waals surface area contributed by atoms with Crippen LogP contribution in [0.25, 0.3) is 22.3 Å². The van der Waals surface area contributed by atoms with Crippen molar-refractivity contribution in [1.29, 1.82) is 0 Å². The summed E-state index contributed by atoms with van der Waals surface area (Å²) in [6.45, 7) is 7.45. The van der Waals surface area contributed by atoms with Crippen LogP contribution in [-0.2, 0) is 0 Å². The van der Waals surface area contributed by atoms with Crippen LogP contribution >= 0.6 is 0 Å². The number of fused-ring (bicyclic) bond motifs is 15. The highest BCUT2D eigenvalue weighted by Crippen LogP contribution is 2.49. The first-order chi connectivity index (χ1) is 24.5. The molecule has 0 saturated heterocycles. The van der Waals surface area contributed by atoms with Gasteiger partial charge in [-0.1, -0.05) is 140 Å². The molecule has 12 rings (SSSR count). The summed E-state index contributed by atoms with van der Waals surface area (Å²) in [5, 5.41) is 9.12. The van der Waals surface area contributed by atoms with Crippen LogP contribution in [0, 0.1) is 6.92 Å². The van der Waals surface area contributed by atoms with Gasteiger partial charge in [-0.15, -0.1) is 0 Å². The lowest BCUT2D eigenvalue weighted by molar-refractivity contribution is 1.26. The molecule has 0 unspecified atom stereocenters. The normalized spacial score (nSPS) is 16.5. The number of hydrogen-bond donors (Lipinski definition) is 0. The molecule has 5 heterocycles. The number of nitrogens with zero attached hydrogens (tertiary/aromatic N) is 2. The predicted molar refractivity (Wildman–Crippen MR) is 218 cm³/mol. The van der Waals surface area contributed by atoms with Gasteiger partial charge in [-0.3, -0.25) is 0 Å². The molecule has 0 N–H and O–H groups in total. The minimum atomic E-state index is -2.68. The molecule has 5 heteroatoms. The largest absolute Gasteiger partial charge is 0.377 e. The number of para-hydroxylation sites is 4. The quantitative estimate of drug-likeness (QED) is 0.197. The van der Waals surface area contributed by atoms with E-state index in [1.165, 1.54) is 93.1 Å². The molecule has 0 aromatic heterocycles. The van der Waals surface area contributed by atoms with E-state index in [1.807, 2.05) is 0 Å². The third-order valence-corrected chi connectivity index (χ3v) is 21.1. The fourth-order valence-electron chi connectivity index (χ4n) is 10.8. The van der Waals surface area contributed by atoms with Crippen LogP contribution in [-0.4, -0.2) is 23.0 Å². The number of aryl methyl sites for hydroxylation is 1. The maximum absolute atomic E-state index is 2.76. The standard InChI is InChI=1S/C45H33BN2Si2/c1-28-26-32-31-16-12-24-41-44(31)48(35-19-7-10-22-39(35)49(41,2)3)46-33-17-13-25-42-45(33)47(36(27-28)43(32)46)34-18-6-11-23-40(34)50(42)37-20-8-4-14-29(37)30-15-5-9-21-38(30)50/h4-27H,1-3H3. The van der Waals surface area contributed by atoms with Crippen LogP contribution < -0.4 is 51.8 Å². The lowest BCUT2D eigenvalue weighted by Gasteiger charge is -2.53. The van der Waals surface area contributed by atoms with E-state index >= 15 is 0 Å². The third-order valence-electron chi connectivity index (χ3n) is 12.6. The highest BCUT2D eigenvalue weighted by Gasteiger charge is 2.58. The number of hydrogen-bond acceptors (Lipinski definition) is 2. The van der Waals surface area contributed by atoms with Gasteiger partial charge in [0.05, 0.1) is 0 Å². The number of rotatable bonds is 0. The van der Waals surface area contributed by atoms with Crippen LogP contribution in [0.5, 0.6) is 0 Å². The van der Waals surface area contributed by atoms with Gasteiger partial charge in [0.25, 0.3) is 0 Å². The van der Waals surface area contributed by atoms with Gasteiger partial charge in [0, 0.05) is 34.0 Å². The van der Waals surface area contributed by atoms with Crippen LogP contribution in [0.2, 0.25) is 13.1 Å². The molecule has 0 bridgehead atoms. The molecule has 1 spiro atoms. The molecule has 0 amide bonds. The van der Waals surface area contributed by atoms with Gasteiger partial charge in [0.2, 0.25) is 0 Å². The average Bonchev–Trinajstić information content (AvgIpc) is 3.44.